The van der Waals surface area contributed by atoms with Crippen molar-refractivity contribution in [1.29, 1.82) is 0 Å². The van der Waals surface area contributed by atoms with Crippen LogP contribution < -0.4 is 5.32 Å². The first kappa shape index (κ1) is 13.8. The molecule has 3 fully saturated rings. The van der Waals surface area contributed by atoms with E-state index in [2.05, 4.69) is 22.2 Å². The van der Waals surface area contributed by atoms with Gasteiger partial charge < -0.3 is 15.1 Å². The lowest BCUT2D eigenvalue weighted by Gasteiger charge is -2.23. The van der Waals surface area contributed by atoms with Gasteiger partial charge in [0.2, 0.25) is 0 Å². The van der Waals surface area contributed by atoms with Crippen LogP contribution in [0.15, 0.2) is 0 Å². The Kier molecular flexibility index (Phi) is 4.78. The van der Waals surface area contributed by atoms with Gasteiger partial charge in [0.25, 0.3) is 0 Å². The first-order valence-electron chi connectivity index (χ1n) is 8.47. The van der Waals surface area contributed by atoms with Crippen molar-refractivity contribution in [3.05, 3.63) is 0 Å². The highest BCUT2D eigenvalue weighted by molar-refractivity contribution is 4.96. The molecule has 0 bridgehead atoms. The average Bonchev–Trinajstić information content (AvgIpc) is 3.33. The minimum absolute atomic E-state index is 0.868. The number of hydrogen-bond acceptors (Lipinski definition) is 3. The first-order valence-corrected chi connectivity index (χ1v) is 8.47. The van der Waals surface area contributed by atoms with E-state index in [1.807, 2.05) is 0 Å². The van der Waals surface area contributed by atoms with Crippen LogP contribution in [0.4, 0.5) is 0 Å². The summed E-state index contributed by atoms with van der Waals surface area (Å²) in [5, 5.41) is 3.85. The molecule has 0 spiro atoms. The third kappa shape index (κ3) is 4.44. The second-order valence-electron chi connectivity index (χ2n) is 7.01. The van der Waals surface area contributed by atoms with Gasteiger partial charge >= 0.3 is 0 Å². The molecule has 1 aliphatic heterocycles. The SMILES string of the molecule is CN(CCNC(C1CC1)C1CC1)CCN1CCCC1. The van der Waals surface area contributed by atoms with Gasteiger partial charge in [-0.05, 0) is 70.5 Å². The van der Waals surface area contributed by atoms with Crippen LogP contribution in [0.25, 0.3) is 0 Å². The van der Waals surface area contributed by atoms with E-state index in [0.29, 0.717) is 0 Å². The van der Waals surface area contributed by atoms with Crippen LogP contribution in [0.1, 0.15) is 38.5 Å². The van der Waals surface area contributed by atoms with Crippen LogP contribution in [-0.4, -0.2) is 62.2 Å². The molecule has 1 N–H and O–H groups in total. The Balaban J connectivity index is 1.26. The highest BCUT2D eigenvalue weighted by Gasteiger charge is 2.40. The van der Waals surface area contributed by atoms with Gasteiger partial charge in [-0.3, -0.25) is 0 Å². The molecule has 0 aromatic carbocycles. The molecule has 0 atom stereocenters. The fourth-order valence-electron chi connectivity index (χ4n) is 3.48. The van der Waals surface area contributed by atoms with Gasteiger partial charge in [-0.15, -0.1) is 0 Å². The van der Waals surface area contributed by atoms with Gasteiger partial charge in [0.15, 0.2) is 0 Å². The molecular formula is C16H31N3. The molecule has 3 nitrogen and oxygen atoms in total. The molecule has 0 radical (unpaired) electrons. The number of rotatable bonds is 9. The minimum atomic E-state index is 0.868. The van der Waals surface area contributed by atoms with Crippen molar-refractivity contribution >= 4 is 0 Å². The maximum absolute atomic E-state index is 3.85. The maximum atomic E-state index is 3.85. The third-order valence-corrected chi connectivity index (χ3v) is 5.13. The van der Waals surface area contributed by atoms with Gasteiger partial charge in [-0.25, -0.2) is 0 Å². The molecule has 3 rings (SSSR count). The second-order valence-corrected chi connectivity index (χ2v) is 7.01. The van der Waals surface area contributed by atoms with E-state index in [9.17, 15) is 0 Å². The fraction of sp³-hybridized carbons (Fsp3) is 1.00. The van der Waals surface area contributed by atoms with Crippen LogP contribution in [0, 0.1) is 11.8 Å². The summed E-state index contributed by atoms with van der Waals surface area (Å²) in [6, 6.07) is 0.868. The Morgan fingerprint density at radius 1 is 1.05 bits per heavy atom. The molecule has 3 heteroatoms. The summed E-state index contributed by atoms with van der Waals surface area (Å²) >= 11 is 0. The van der Waals surface area contributed by atoms with Crippen molar-refractivity contribution < 1.29 is 0 Å². The standard InChI is InChI=1S/C16H31N3/c1-18(12-13-19-9-2-3-10-19)11-8-17-16(14-4-5-14)15-6-7-15/h14-17H,2-13H2,1H3. The number of hydrogen-bond donors (Lipinski definition) is 1. The van der Waals surface area contributed by atoms with Crippen molar-refractivity contribution in [3.63, 3.8) is 0 Å². The van der Waals surface area contributed by atoms with E-state index >= 15 is 0 Å². The van der Waals surface area contributed by atoms with Gasteiger partial charge in [0.05, 0.1) is 0 Å². The number of nitrogens with zero attached hydrogens (tertiary/aromatic N) is 2. The highest BCUT2D eigenvalue weighted by atomic mass is 15.2. The monoisotopic (exact) mass is 265 g/mol. The van der Waals surface area contributed by atoms with E-state index in [4.69, 9.17) is 0 Å². The molecule has 1 heterocycles. The zero-order valence-corrected chi connectivity index (χ0v) is 12.6. The molecule has 0 aromatic rings. The van der Waals surface area contributed by atoms with Crippen LogP contribution >= 0.6 is 0 Å². The largest absolute Gasteiger partial charge is 0.312 e. The number of nitrogens with one attached hydrogen (secondary N) is 1. The predicted octanol–water partition coefficient (Wildman–Crippen LogP) is 1.79. The quantitative estimate of drug-likeness (QED) is 0.686. The van der Waals surface area contributed by atoms with Crippen molar-refractivity contribution in [2.45, 2.75) is 44.6 Å². The Bertz CT molecular complexity index is 255. The van der Waals surface area contributed by atoms with Crippen molar-refractivity contribution in [1.82, 2.24) is 15.1 Å². The molecule has 2 aliphatic carbocycles. The first-order chi connectivity index (χ1) is 9.33. The van der Waals surface area contributed by atoms with E-state index < -0.39 is 0 Å². The molecule has 3 aliphatic rings. The lowest BCUT2D eigenvalue weighted by atomic mass is 10.1. The topological polar surface area (TPSA) is 18.5 Å². The predicted molar refractivity (Wildman–Crippen MR) is 80.4 cm³/mol. The summed E-state index contributed by atoms with van der Waals surface area (Å²) in [5.74, 6) is 2.06. The van der Waals surface area contributed by atoms with Crippen LogP contribution in [0.3, 0.4) is 0 Å². The zero-order chi connectivity index (χ0) is 13.1. The summed E-state index contributed by atoms with van der Waals surface area (Å²) in [4.78, 5) is 5.11. The van der Waals surface area contributed by atoms with E-state index in [0.717, 1.165) is 17.9 Å². The van der Waals surface area contributed by atoms with Gasteiger partial charge in [0.1, 0.15) is 0 Å². The lowest BCUT2D eigenvalue weighted by Crippen LogP contribution is -2.40. The minimum Gasteiger partial charge on any atom is -0.312 e. The Morgan fingerprint density at radius 2 is 1.68 bits per heavy atom. The zero-order valence-electron chi connectivity index (χ0n) is 12.6. The molecule has 19 heavy (non-hydrogen) atoms. The van der Waals surface area contributed by atoms with Gasteiger partial charge in [0, 0.05) is 32.2 Å². The smallest absolute Gasteiger partial charge is 0.0124 e. The van der Waals surface area contributed by atoms with E-state index in [-0.39, 0.29) is 0 Å². The highest BCUT2D eigenvalue weighted by Crippen LogP contribution is 2.44. The Hall–Kier alpha value is -0.120. The van der Waals surface area contributed by atoms with Gasteiger partial charge in [-0.2, -0.15) is 0 Å². The molecule has 0 unspecified atom stereocenters. The van der Waals surface area contributed by atoms with Gasteiger partial charge in [-0.1, -0.05) is 0 Å². The van der Waals surface area contributed by atoms with Crippen LogP contribution in [0.2, 0.25) is 0 Å². The summed E-state index contributed by atoms with van der Waals surface area (Å²) in [7, 11) is 2.28. The number of likely N-dealkylation sites (tertiary alicyclic amines) is 1. The van der Waals surface area contributed by atoms with Crippen LogP contribution in [-0.2, 0) is 0 Å². The van der Waals surface area contributed by atoms with Crippen LogP contribution in [0.5, 0.6) is 0 Å². The fourth-order valence-corrected chi connectivity index (χ4v) is 3.48. The summed E-state index contributed by atoms with van der Waals surface area (Å²) in [5.41, 5.74) is 0. The van der Waals surface area contributed by atoms with E-state index in [1.165, 1.54) is 77.8 Å². The normalized spacial score (nSPS) is 24.8. The third-order valence-electron chi connectivity index (χ3n) is 5.13. The average molecular weight is 265 g/mol. The summed E-state index contributed by atoms with van der Waals surface area (Å²) in [6.07, 6.45) is 8.77. The number of likely N-dealkylation sites (N-methyl/N-ethyl adjacent to an activating group) is 1. The molecule has 1 saturated heterocycles. The van der Waals surface area contributed by atoms with E-state index in [1.54, 1.807) is 0 Å². The summed E-state index contributed by atoms with van der Waals surface area (Å²) in [6.45, 7) is 7.57. The molecule has 0 amide bonds. The molecule has 2 saturated carbocycles. The Labute approximate surface area is 118 Å². The molecule has 110 valence electrons. The maximum Gasteiger partial charge on any atom is 0.0124 e. The lowest BCUT2D eigenvalue weighted by molar-refractivity contribution is 0.252. The summed E-state index contributed by atoms with van der Waals surface area (Å²) < 4.78 is 0. The second kappa shape index (κ2) is 6.55. The van der Waals surface area contributed by atoms with Crippen molar-refractivity contribution in [3.8, 4) is 0 Å². The Morgan fingerprint density at radius 3 is 2.26 bits per heavy atom. The molecular weight excluding hydrogens is 234 g/mol. The molecule has 0 aromatic heterocycles. The van der Waals surface area contributed by atoms with Crippen molar-refractivity contribution in [2.24, 2.45) is 11.8 Å². The van der Waals surface area contributed by atoms with Crippen molar-refractivity contribution in [2.75, 3.05) is 46.3 Å².